The quantitative estimate of drug-likeness (QED) is 0.376. The van der Waals surface area contributed by atoms with E-state index in [0.717, 1.165) is 0 Å². The summed E-state index contributed by atoms with van der Waals surface area (Å²) in [6, 6.07) is 16.4. The Morgan fingerprint density at radius 2 is 1.67 bits per heavy atom. The summed E-state index contributed by atoms with van der Waals surface area (Å²) in [6.45, 7) is 0. The first-order valence-corrected chi connectivity index (χ1v) is 10.8. The number of benzene rings is 3. The van der Waals surface area contributed by atoms with E-state index in [1.54, 1.807) is 18.2 Å². The van der Waals surface area contributed by atoms with Gasteiger partial charge in [0.1, 0.15) is 5.82 Å². The van der Waals surface area contributed by atoms with Crippen molar-refractivity contribution in [3.8, 4) is 17.2 Å². The molecule has 1 aromatic heterocycles. The monoisotopic (exact) mass is 456 g/mol. The zero-order valence-corrected chi connectivity index (χ0v) is 17.4. The highest BCUT2D eigenvalue weighted by molar-refractivity contribution is 7.91. The molecule has 30 heavy (non-hydrogen) atoms. The average Bonchev–Trinajstić information content (AvgIpc) is 2.72. The first-order valence-electron chi connectivity index (χ1n) is 8.60. The van der Waals surface area contributed by atoms with Crippen LogP contribution in [0.1, 0.15) is 5.56 Å². The van der Waals surface area contributed by atoms with Gasteiger partial charge in [0.15, 0.2) is 0 Å². The van der Waals surface area contributed by atoms with Crippen molar-refractivity contribution in [3.05, 3.63) is 88.3 Å². The lowest BCUT2D eigenvalue weighted by atomic mass is 9.99. The molecule has 0 atom stereocenters. The van der Waals surface area contributed by atoms with Gasteiger partial charge in [-0.05, 0) is 42.5 Å². The first kappa shape index (κ1) is 20.3. The Labute approximate surface area is 182 Å². The Morgan fingerprint density at radius 3 is 2.33 bits per heavy atom. The molecule has 4 aromatic rings. The van der Waals surface area contributed by atoms with Gasteiger partial charge in [-0.25, -0.2) is 12.8 Å². The molecule has 0 amide bonds. The lowest BCUT2D eigenvalue weighted by Crippen LogP contribution is -2.06. The zero-order chi connectivity index (χ0) is 21.5. The fourth-order valence-electron chi connectivity index (χ4n) is 3.20. The van der Waals surface area contributed by atoms with E-state index in [4.69, 9.17) is 23.2 Å². The second-order valence-corrected chi connectivity index (χ2v) is 9.22. The molecule has 0 bridgehead atoms. The summed E-state index contributed by atoms with van der Waals surface area (Å²) in [5, 5.41) is 9.92. The third kappa shape index (κ3) is 3.52. The van der Waals surface area contributed by atoms with Crippen LogP contribution in [0, 0.1) is 17.1 Å². The molecule has 0 aliphatic carbocycles. The first-order chi connectivity index (χ1) is 14.3. The minimum Gasteiger partial charge on any atom is -0.255 e. The topological polar surface area (TPSA) is 70.8 Å². The normalized spacial score (nSPS) is 11.4. The molecule has 0 saturated carbocycles. The van der Waals surface area contributed by atoms with Crippen molar-refractivity contribution in [3.63, 3.8) is 0 Å². The van der Waals surface area contributed by atoms with Crippen LogP contribution in [0.5, 0.6) is 0 Å². The molecule has 148 valence electrons. The number of sulfone groups is 1. The summed E-state index contributed by atoms with van der Waals surface area (Å²) >= 11 is 12.0. The molecule has 0 fully saturated rings. The van der Waals surface area contributed by atoms with Crippen molar-refractivity contribution < 1.29 is 12.8 Å². The van der Waals surface area contributed by atoms with Crippen LogP contribution in [0.2, 0.25) is 10.0 Å². The number of fused-ring (bicyclic) bond motifs is 1. The van der Waals surface area contributed by atoms with Crippen molar-refractivity contribution >= 4 is 43.9 Å². The van der Waals surface area contributed by atoms with Gasteiger partial charge in [-0.1, -0.05) is 41.4 Å². The summed E-state index contributed by atoms with van der Waals surface area (Å²) in [7, 11) is -4.17. The van der Waals surface area contributed by atoms with E-state index >= 15 is 0 Å². The molecule has 0 spiro atoms. The fourth-order valence-corrected chi connectivity index (χ4v) is 5.35. The Balaban J connectivity index is 2.14. The maximum atomic E-state index is 14.8. The molecular formula is C22H11Cl2FN2O2S. The van der Waals surface area contributed by atoms with E-state index < -0.39 is 15.7 Å². The number of pyridine rings is 1. The molecular weight excluding hydrogens is 446 g/mol. The molecule has 0 aliphatic heterocycles. The van der Waals surface area contributed by atoms with Gasteiger partial charge in [-0.3, -0.25) is 4.98 Å². The second kappa shape index (κ2) is 7.69. The molecule has 3 aromatic carbocycles. The number of rotatable bonds is 3. The molecule has 0 unspecified atom stereocenters. The number of halogens is 3. The minimum absolute atomic E-state index is 0.0756. The summed E-state index contributed by atoms with van der Waals surface area (Å²) in [4.78, 5) is 3.87. The smallest absolute Gasteiger partial charge is 0.208 e. The van der Waals surface area contributed by atoms with Gasteiger partial charge in [0.05, 0.1) is 26.9 Å². The van der Waals surface area contributed by atoms with E-state index in [2.05, 4.69) is 4.98 Å². The second-order valence-electron chi connectivity index (χ2n) is 6.43. The number of nitriles is 1. The van der Waals surface area contributed by atoms with Gasteiger partial charge in [0.25, 0.3) is 0 Å². The van der Waals surface area contributed by atoms with Gasteiger partial charge in [0.2, 0.25) is 9.84 Å². The van der Waals surface area contributed by atoms with Crippen LogP contribution in [0.25, 0.3) is 22.0 Å². The van der Waals surface area contributed by atoms with E-state index in [1.807, 2.05) is 6.07 Å². The van der Waals surface area contributed by atoms with Gasteiger partial charge in [0, 0.05) is 32.8 Å². The number of nitrogens with zero attached hydrogens (tertiary/aromatic N) is 2. The third-order valence-electron chi connectivity index (χ3n) is 4.54. The molecule has 4 rings (SSSR count). The Kier molecular flexibility index (Phi) is 5.20. The van der Waals surface area contributed by atoms with Crippen LogP contribution < -0.4 is 0 Å². The van der Waals surface area contributed by atoms with Crippen molar-refractivity contribution in [2.24, 2.45) is 0 Å². The van der Waals surface area contributed by atoms with Crippen LogP contribution in [-0.2, 0) is 9.84 Å². The summed E-state index contributed by atoms with van der Waals surface area (Å²) in [6.07, 6.45) is 1.18. The van der Waals surface area contributed by atoms with Gasteiger partial charge >= 0.3 is 0 Å². The third-order valence-corrected chi connectivity index (χ3v) is 6.72. The molecule has 1 heterocycles. The molecule has 0 saturated heterocycles. The predicted octanol–water partition coefficient (Wildman–Crippen LogP) is 6.05. The molecule has 0 N–H and O–H groups in total. The van der Waals surface area contributed by atoms with Crippen molar-refractivity contribution in [1.82, 2.24) is 4.98 Å². The van der Waals surface area contributed by atoms with Crippen LogP contribution >= 0.6 is 23.2 Å². The highest BCUT2D eigenvalue weighted by Crippen LogP contribution is 2.38. The molecule has 0 aliphatic rings. The van der Waals surface area contributed by atoms with Crippen molar-refractivity contribution in [1.29, 1.82) is 5.26 Å². The molecule has 8 heteroatoms. The lowest BCUT2D eigenvalue weighted by Gasteiger charge is -2.15. The van der Waals surface area contributed by atoms with Crippen LogP contribution in [0.3, 0.4) is 0 Å². The Bertz CT molecular complexity index is 1440. The minimum atomic E-state index is -4.17. The maximum absolute atomic E-state index is 14.8. The molecule has 0 radical (unpaired) electrons. The zero-order valence-electron chi connectivity index (χ0n) is 15.1. The summed E-state index contributed by atoms with van der Waals surface area (Å²) < 4.78 is 41.8. The lowest BCUT2D eigenvalue weighted by molar-refractivity contribution is 0.596. The predicted molar refractivity (Wildman–Crippen MR) is 114 cm³/mol. The van der Waals surface area contributed by atoms with E-state index in [-0.39, 0.29) is 31.0 Å². The van der Waals surface area contributed by atoms with Gasteiger partial charge < -0.3 is 0 Å². The molecule has 4 nitrogen and oxygen atoms in total. The average molecular weight is 457 g/mol. The van der Waals surface area contributed by atoms with Crippen LogP contribution in [-0.4, -0.2) is 13.4 Å². The highest BCUT2D eigenvalue weighted by atomic mass is 35.5. The van der Waals surface area contributed by atoms with Crippen molar-refractivity contribution in [2.75, 3.05) is 0 Å². The largest absolute Gasteiger partial charge is 0.255 e. The van der Waals surface area contributed by atoms with Crippen LogP contribution in [0.15, 0.2) is 76.7 Å². The van der Waals surface area contributed by atoms with Gasteiger partial charge in [-0.15, -0.1) is 0 Å². The number of hydrogen-bond acceptors (Lipinski definition) is 4. The van der Waals surface area contributed by atoms with E-state index in [9.17, 15) is 18.1 Å². The number of aromatic nitrogens is 1. The van der Waals surface area contributed by atoms with Crippen molar-refractivity contribution in [2.45, 2.75) is 9.79 Å². The Morgan fingerprint density at radius 1 is 0.967 bits per heavy atom. The van der Waals surface area contributed by atoms with Crippen LogP contribution in [0.4, 0.5) is 4.39 Å². The SMILES string of the molecule is N#Cc1ccc2ncc(S(=O)(=O)c3cc(Cl)cc(Cl)c3)c(-c3ccccc3F)c2c1. The van der Waals surface area contributed by atoms with E-state index in [1.165, 1.54) is 48.7 Å². The number of hydrogen-bond donors (Lipinski definition) is 0. The summed E-state index contributed by atoms with van der Waals surface area (Å²) in [5.74, 6) is -0.604. The van der Waals surface area contributed by atoms with Gasteiger partial charge in [-0.2, -0.15) is 5.26 Å². The standard InChI is InChI=1S/C22H11Cl2FN2O2S/c23-14-8-15(24)10-16(9-14)30(28,29)21-12-27-20-6-5-13(11-26)7-18(20)22(21)17-3-1-2-4-19(17)25/h1-10,12H. The highest BCUT2D eigenvalue weighted by Gasteiger charge is 2.26. The van der Waals surface area contributed by atoms with E-state index in [0.29, 0.717) is 16.5 Å². The summed E-state index contributed by atoms with van der Waals surface area (Å²) in [5.41, 5.74) is 0.913. The fraction of sp³-hybridized carbons (Fsp3) is 0. The Hall–Kier alpha value is -2.98. The maximum Gasteiger partial charge on any atom is 0.208 e.